The van der Waals surface area contributed by atoms with E-state index in [2.05, 4.69) is 15.7 Å². The van der Waals surface area contributed by atoms with E-state index < -0.39 is 6.03 Å². The molecule has 0 atom stereocenters. The number of ether oxygens (including phenoxy) is 1. The topological polar surface area (TPSA) is 62.8 Å². The first kappa shape index (κ1) is 15.1. The zero-order chi connectivity index (χ0) is 14.2. The molecule has 0 aromatic heterocycles. The number of anilines is 1. The van der Waals surface area contributed by atoms with Crippen LogP contribution in [-0.4, -0.2) is 50.4 Å². The molecule has 1 fully saturated rings. The molecular formula is C13H18ClN3O3. The number of amides is 2. The van der Waals surface area contributed by atoms with Gasteiger partial charge in [0.1, 0.15) is 0 Å². The van der Waals surface area contributed by atoms with Crippen LogP contribution in [0, 0.1) is 0 Å². The summed E-state index contributed by atoms with van der Waals surface area (Å²) in [5.74, 6) is 0. The van der Waals surface area contributed by atoms with E-state index >= 15 is 0 Å². The van der Waals surface area contributed by atoms with Crippen LogP contribution in [0.2, 0.25) is 5.02 Å². The standard InChI is InChI=1S/C13H18ClN3O3/c14-11-1-3-12(4-2-11)15-13(18)16-20-10-7-17-5-8-19-9-6-17/h1-4H,5-10H2,(H2,15,16,18). The number of nitrogens with one attached hydrogen (secondary N) is 2. The van der Waals surface area contributed by atoms with Crippen LogP contribution in [0.3, 0.4) is 0 Å². The fourth-order valence-corrected chi connectivity index (χ4v) is 1.93. The van der Waals surface area contributed by atoms with E-state index in [9.17, 15) is 4.79 Å². The summed E-state index contributed by atoms with van der Waals surface area (Å²) < 4.78 is 5.25. The Bertz CT molecular complexity index is 421. The zero-order valence-electron chi connectivity index (χ0n) is 11.1. The second-order valence-electron chi connectivity index (χ2n) is 4.37. The molecule has 2 amide bonds. The number of carbonyl (C=O) groups excluding carboxylic acids is 1. The molecule has 0 unspecified atom stereocenters. The van der Waals surface area contributed by atoms with Crippen molar-refractivity contribution >= 4 is 23.3 Å². The number of rotatable bonds is 5. The minimum atomic E-state index is -0.408. The molecule has 0 spiro atoms. The van der Waals surface area contributed by atoms with Crippen molar-refractivity contribution in [3.63, 3.8) is 0 Å². The number of hydroxylamine groups is 1. The van der Waals surface area contributed by atoms with Crippen molar-refractivity contribution in [1.29, 1.82) is 0 Å². The lowest BCUT2D eigenvalue weighted by Gasteiger charge is -2.26. The Balaban J connectivity index is 1.59. The normalized spacial score (nSPS) is 15.8. The zero-order valence-corrected chi connectivity index (χ0v) is 11.9. The van der Waals surface area contributed by atoms with Crippen molar-refractivity contribution in [3.05, 3.63) is 29.3 Å². The van der Waals surface area contributed by atoms with Gasteiger partial charge in [0, 0.05) is 30.3 Å². The van der Waals surface area contributed by atoms with Gasteiger partial charge in [-0.05, 0) is 24.3 Å². The van der Waals surface area contributed by atoms with Crippen LogP contribution in [0.25, 0.3) is 0 Å². The Morgan fingerprint density at radius 3 is 2.70 bits per heavy atom. The quantitative estimate of drug-likeness (QED) is 0.642. The molecule has 110 valence electrons. The Morgan fingerprint density at radius 2 is 2.00 bits per heavy atom. The van der Waals surface area contributed by atoms with Gasteiger partial charge in [-0.1, -0.05) is 11.6 Å². The van der Waals surface area contributed by atoms with Gasteiger partial charge in [-0.15, -0.1) is 0 Å². The van der Waals surface area contributed by atoms with Crippen LogP contribution in [0.1, 0.15) is 0 Å². The fourth-order valence-electron chi connectivity index (χ4n) is 1.81. The van der Waals surface area contributed by atoms with Crippen molar-refractivity contribution in [1.82, 2.24) is 10.4 Å². The molecule has 0 radical (unpaired) electrons. The molecule has 7 heteroatoms. The summed E-state index contributed by atoms with van der Waals surface area (Å²) in [6.45, 7) is 4.52. The predicted octanol–water partition coefficient (Wildman–Crippen LogP) is 1.73. The minimum absolute atomic E-state index is 0.408. The maximum atomic E-state index is 11.5. The highest BCUT2D eigenvalue weighted by molar-refractivity contribution is 6.30. The molecule has 1 aliphatic heterocycles. The summed E-state index contributed by atoms with van der Waals surface area (Å²) >= 11 is 5.76. The highest BCUT2D eigenvalue weighted by atomic mass is 35.5. The molecule has 1 aromatic carbocycles. The molecule has 2 N–H and O–H groups in total. The van der Waals surface area contributed by atoms with E-state index in [1.54, 1.807) is 24.3 Å². The third-order valence-corrected chi connectivity index (χ3v) is 3.13. The maximum absolute atomic E-state index is 11.5. The molecule has 1 saturated heterocycles. The number of morpholine rings is 1. The van der Waals surface area contributed by atoms with Gasteiger partial charge >= 0.3 is 6.03 Å². The first-order valence-corrected chi connectivity index (χ1v) is 6.86. The predicted molar refractivity (Wildman–Crippen MR) is 76.8 cm³/mol. The third kappa shape index (κ3) is 5.34. The van der Waals surface area contributed by atoms with E-state index in [1.807, 2.05) is 0 Å². The van der Waals surface area contributed by atoms with Crippen LogP contribution >= 0.6 is 11.6 Å². The second-order valence-corrected chi connectivity index (χ2v) is 4.80. The number of nitrogens with zero attached hydrogens (tertiary/aromatic N) is 1. The molecule has 20 heavy (non-hydrogen) atoms. The van der Waals surface area contributed by atoms with Gasteiger partial charge in [0.2, 0.25) is 0 Å². The molecular weight excluding hydrogens is 282 g/mol. The van der Waals surface area contributed by atoms with E-state index in [1.165, 1.54) is 0 Å². The fraction of sp³-hybridized carbons (Fsp3) is 0.462. The molecule has 1 aromatic rings. The Kier molecular flexibility index (Phi) is 6.07. The van der Waals surface area contributed by atoms with Crippen molar-refractivity contribution < 1.29 is 14.4 Å². The highest BCUT2D eigenvalue weighted by Gasteiger charge is 2.09. The van der Waals surface area contributed by atoms with Crippen LogP contribution in [0.5, 0.6) is 0 Å². The Hall–Kier alpha value is -1.34. The number of carbonyl (C=O) groups is 1. The van der Waals surface area contributed by atoms with Crippen molar-refractivity contribution in [3.8, 4) is 0 Å². The number of benzene rings is 1. The van der Waals surface area contributed by atoms with Gasteiger partial charge in [-0.25, -0.2) is 10.3 Å². The van der Waals surface area contributed by atoms with Crippen LogP contribution < -0.4 is 10.8 Å². The summed E-state index contributed by atoms with van der Waals surface area (Å²) in [5, 5.41) is 3.26. The average molecular weight is 300 g/mol. The largest absolute Gasteiger partial charge is 0.379 e. The number of hydrogen-bond donors (Lipinski definition) is 2. The molecule has 2 rings (SSSR count). The van der Waals surface area contributed by atoms with E-state index in [-0.39, 0.29) is 0 Å². The SMILES string of the molecule is O=C(NOCCN1CCOCC1)Nc1ccc(Cl)cc1. The Morgan fingerprint density at radius 1 is 1.30 bits per heavy atom. The minimum Gasteiger partial charge on any atom is -0.379 e. The maximum Gasteiger partial charge on any atom is 0.343 e. The molecule has 1 heterocycles. The van der Waals surface area contributed by atoms with E-state index in [0.717, 1.165) is 32.8 Å². The van der Waals surface area contributed by atoms with Crippen LogP contribution in [0.4, 0.5) is 10.5 Å². The summed E-state index contributed by atoms with van der Waals surface area (Å²) in [7, 11) is 0. The number of halogens is 1. The number of urea groups is 1. The van der Waals surface area contributed by atoms with Crippen LogP contribution in [0.15, 0.2) is 24.3 Å². The van der Waals surface area contributed by atoms with E-state index in [4.69, 9.17) is 21.2 Å². The lowest BCUT2D eigenvalue weighted by Crippen LogP contribution is -2.39. The molecule has 0 aliphatic carbocycles. The summed E-state index contributed by atoms with van der Waals surface area (Å²) in [5.41, 5.74) is 3.00. The monoisotopic (exact) mass is 299 g/mol. The van der Waals surface area contributed by atoms with Gasteiger partial charge in [0.15, 0.2) is 0 Å². The summed E-state index contributed by atoms with van der Waals surface area (Å²) in [4.78, 5) is 18.9. The van der Waals surface area contributed by atoms with Gasteiger partial charge in [0.25, 0.3) is 0 Å². The summed E-state index contributed by atoms with van der Waals surface area (Å²) in [6.07, 6.45) is 0. The lowest BCUT2D eigenvalue weighted by molar-refractivity contribution is 0.00629. The highest BCUT2D eigenvalue weighted by Crippen LogP contribution is 2.12. The van der Waals surface area contributed by atoms with Gasteiger partial charge in [-0.2, -0.15) is 0 Å². The first-order chi connectivity index (χ1) is 9.74. The first-order valence-electron chi connectivity index (χ1n) is 6.48. The Labute approximate surface area is 122 Å². The number of hydrogen-bond acceptors (Lipinski definition) is 4. The third-order valence-electron chi connectivity index (χ3n) is 2.88. The lowest BCUT2D eigenvalue weighted by atomic mass is 10.3. The van der Waals surface area contributed by atoms with Crippen LogP contribution in [-0.2, 0) is 9.57 Å². The smallest absolute Gasteiger partial charge is 0.343 e. The average Bonchev–Trinajstić information content (AvgIpc) is 2.47. The van der Waals surface area contributed by atoms with Gasteiger partial charge in [-0.3, -0.25) is 9.74 Å². The molecule has 6 nitrogen and oxygen atoms in total. The van der Waals surface area contributed by atoms with E-state index in [0.29, 0.717) is 17.3 Å². The molecule has 1 aliphatic rings. The van der Waals surface area contributed by atoms with Crippen molar-refractivity contribution in [2.45, 2.75) is 0 Å². The molecule has 0 saturated carbocycles. The summed E-state index contributed by atoms with van der Waals surface area (Å²) in [6, 6.07) is 6.44. The van der Waals surface area contributed by atoms with Crippen molar-refractivity contribution in [2.24, 2.45) is 0 Å². The second kappa shape index (κ2) is 8.06. The molecule has 0 bridgehead atoms. The van der Waals surface area contributed by atoms with Gasteiger partial charge in [0.05, 0.1) is 19.8 Å². The van der Waals surface area contributed by atoms with Gasteiger partial charge < -0.3 is 10.1 Å². The van der Waals surface area contributed by atoms with Crippen molar-refractivity contribution in [2.75, 3.05) is 44.8 Å².